The van der Waals surface area contributed by atoms with Gasteiger partial charge in [0.15, 0.2) is 0 Å². The van der Waals surface area contributed by atoms with Gasteiger partial charge in [-0.15, -0.1) is 0 Å². The SMILES string of the molecule is CC(C)N(C)CCCCNCCN1CCN(C)CC1. The fourth-order valence-corrected chi connectivity index (χ4v) is 2.30. The summed E-state index contributed by atoms with van der Waals surface area (Å²) in [6.07, 6.45) is 2.59. The quantitative estimate of drug-likeness (QED) is 0.630. The molecule has 0 aromatic rings. The lowest BCUT2D eigenvalue weighted by Gasteiger charge is -2.32. The average molecular weight is 270 g/mol. The first kappa shape index (κ1) is 16.9. The zero-order valence-electron chi connectivity index (χ0n) is 13.5. The lowest BCUT2D eigenvalue weighted by Crippen LogP contribution is -2.46. The van der Waals surface area contributed by atoms with Gasteiger partial charge in [-0.2, -0.15) is 0 Å². The van der Waals surface area contributed by atoms with Crippen LogP contribution in [0.1, 0.15) is 26.7 Å². The van der Waals surface area contributed by atoms with Crippen molar-refractivity contribution in [2.45, 2.75) is 32.7 Å². The van der Waals surface area contributed by atoms with Gasteiger partial charge in [-0.3, -0.25) is 4.90 Å². The van der Waals surface area contributed by atoms with E-state index >= 15 is 0 Å². The van der Waals surface area contributed by atoms with E-state index in [4.69, 9.17) is 0 Å². The highest BCUT2D eigenvalue weighted by Gasteiger charge is 2.12. The van der Waals surface area contributed by atoms with Crippen LogP contribution in [0.2, 0.25) is 0 Å². The molecule has 0 atom stereocenters. The molecule has 0 bridgehead atoms. The second-order valence-corrected chi connectivity index (χ2v) is 6.18. The van der Waals surface area contributed by atoms with Crippen molar-refractivity contribution < 1.29 is 0 Å². The van der Waals surface area contributed by atoms with Gasteiger partial charge in [0, 0.05) is 45.3 Å². The van der Waals surface area contributed by atoms with E-state index in [-0.39, 0.29) is 0 Å². The number of hydrogen-bond donors (Lipinski definition) is 1. The molecule has 19 heavy (non-hydrogen) atoms. The molecule has 0 saturated carbocycles. The lowest BCUT2D eigenvalue weighted by atomic mass is 10.2. The number of hydrogen-bond acceptors (Lipinski definition) is 4. The average Bonchev–Trinajstić information content (AvgIpc) is 2.39. The fourth-order valence-electron chi connectivity index (χ4n) is 2.30. The predicted molar refractivity (Wildman–Crippen MR) is 83.8 cm³/mol. The van der Waals surface area contributed by atoms with Crippen LogP contribution in [0, 0.1) is 0 Å². The van der Waals surface area contributed by atoms with Gasteiger partial charge in [-0.1, -0.05) is 0 Å². The van der Waals surface area contributed by atoms with E-state index in [0.29, 0.717) is 6.04 Å². The fraction of sp³-hybridized carbons (Fsp3) is 1.00. The normalized spacial score (nSPS) is 18.6. The molecule has 1 heterocycles. The van der Waals surface area contributed by atoms with Crippen molar-refractivity contribution in [3.8, 4) is 0 Å². The Balaban J connectivity index is 1.86. The highest BCUT2D eigenvalue weighted by atomic mass is 15.2. The minimum absolute atomic E-state index is 0.671. The molecule has 1 N–H and O–H groups in total. The van der Waals surface area contributed by atoms with Crippen LogP contribution in [-0.4, -0.2) is 87.2 Å². The molecule has 114 valence electrons. The van der Waals surface area contributed by atoms with Gasteiger partial charge in [0.25, 0.3) is 0 Å². The van der Waals surface area contributed by atoms with Crippen molar-refractivity contribution in [3.63, 3.8) is 0 Å². The lowest BCUT2D eigenvalue weighted by molar-refractivity contribution is 0.154. The van der Waals surface area contributed by atoms with E-state index in [1.165, 1.54) is 58.7 Å². The van der Waals surface area contributed by atoms with Gasteiger partial charge in [-0.05, 0) is 53.9 Å². The second kappa shape index (κ2) is 9.70. The number of piperazine rings is 1. The third-order valence-corrected chi connectivity index (χ3v) is 4.20. The molecule has 1 aliphatic heterocycles. The van der Waals surface area contributed by atoms with Crippen LogP contribution >= 0.6 is 0 Å². The van der Waals surface area contributed by atoms with Crippen molar-refractivity contribution in [1.82, 2.24) is 20.0 Å². The molecule has 0 amide bonds. The van der Waals surface area contributed by atoms with E-state index in [9.17, 15) is 0 Å². The molecule has 1 fully saturated rings. The first-order chi connectivity index (χ1) is 9.09. The van der Waals surface area contributed by atoms with E-state index < -0.39 is 0 Å². The molecule has 1 rings (SSSR count). The van der Waals surface area contributed by atoms with Crippen LogP contribution in [0.15, 0.2) is 0 Å². The minimum Gasteiger partial charge on any atom is -0.315 e. The summed E-state index contributed by atoms with van der Waals surface area (Å²) in [5, 5.41) is 3.57. The van der Waals surface area contributed by atoms with Crippen LogP contribution in [0.3, 0.4) is 0 Å². The van der Waals surface area contributed by atoms with Crippen LogP contribution in [0.5, 0.6) is 0 Å². The van der Waals surface area contributed by atoms with E-state index in [2.05, 4.69) is 48.0 Å². The molecule has 0 aromatic heterocycles. The highest BCUT2D eigenvalue weighted by molar-refractivity contribution is 4.69. The van der Waals surface area contributed by atoms with Crippen LogP contribution in [0.25, 0.3) is 0 Å². The number of unbranched alkanes of at least 4 members (excludes halogenated alkanes) is 1. The molecule has 0 radical (unpaired) electrons. The predicted octanol–water partition coefficient (Wildman–Crippen LogP) is 0.944. The van der Waals surface area contributed by atoms with Crippen molar-refractivity contribution >= 4 is 0 Å². The van der Waals surface area contributed by atoms with Crippen LogP contribution in [-0.2, 0) is 0 Å². The standard InChI is InChI=1S/C15H34N4/c1-15(2)18(4)9-6-5-7-16-8-10-19-13-11-17(3)12-14-19/h15-16H,5-14H2,1-4H3. The Bertz CT molecular complexity index is 212. The second-order valence-electron chi connectivity index (χ2n) is 6.18. The van der Waals surface area contributed by atoms with E-state index in [0.717, 1.165) is 6.54 Å². The summed E-state index contributed by atoms with van der Waals surface area (Å²) in [6, 6.07) is 0.671. The number of nitrogens with one attached hydrogen (secondary N) is 1. The molecular weight excluding hydrogens is 236 g/mol. The molecule has 0 aliphatic carbocycles. The molecule has 4 heteroatoms. The Morgan fingerprint density at radius 2 is 1.74 bits per heavy atom. The Morgan fingerprint density at radius 3 is 2.37 bits per heavy atom. The van der Waals surface area contributed by atoms with Crippen molar-refractivity contribution in [2.24, 2.45) is 0 Å². The largest absolute Gasteiger partial charge is 0.315 e. The Kier molecular flexibility index (Phi) is 8.62. The monoisotopic (exact) mass is 270 g/mol. The molecule has 4 nitrogen and oxygen atoms in total. The Hall–Kier alpha value is -0.160. The number of likely N-dealkylation sites (N-methyl/N-ethyl adjacent to an activating group) is 1. The highest BCUT2D eigenvalue weighted by Crippen LogP contribution is 1.98. The van der Waals surface area contributed by atoms with Gasteiger partial charge in [0.05, 0.1) is 0 Å². The molecule has 1 saturated heterocycles. The summed E-state index contributed by atoms with van der Waals surface area (Å²) in [6.45, 7) is 14.2. The maximum absolute atomic E-state index is 3.57. The summed E-state index contributed by atoms with van der Waals surface area (Å²) < 4.78 is 0. The first-order valence-electron chi connectivity index (χ1n) is 7.91. The topological polar surface area (TPSA) is 21.8 Å². The number of nitrogens with zero attached hydrogens (tertiary/aromatic N) is 3. The van der Waals surface area contributed by atoms with Crippen molar-refractivity contribution in [1.29, 1.82) is 0 Å². The van der Waals surface area contributed by atoms with Gasteiger partial charge < -0.3 is 15.1 Å². The summed E-state index contributed by atoms with van der Waals surface area (Å²) >= 11 is 0. The molecule has 0 unspecified atom stereocenters. The van der Waals surface area contributed by atoms with Gasteiger partial charge >= 0.3 is 0 Å². The van der Waals surface area contributed by atoms with Gasteiger partial charge in [0.1, 0.15) is 0 Å². The minimum atomic E-state index is 0.671. The summed E-state index contributed by atoms with van der Waals surface area (Å²) in [7, 11) is 4.43. The Labute approximate surface area is 120 Å². The third-order valence-electron chi connectivity index (χ3n) is 4.20. The Morgan fingerprint density at radius 1 is 1.05 bits per heavy atom. The van der Waals surface area contributed by atoms with Crippen molar-refractivity contribution in [2.75, 3.05) is 66.5 Å². The van der Waals surface area contributed by atoms with Gasteiger partial charge in [0.2, 0.25) is 0 Å². The molecule has 0 spiro atoms. The smallest absolute Gasteiger partial charge is 0.0110 e. The number of rotatable bonds is 9. The summed E-state index contributed by atoms with van der Waals surface area (Å²) in [4.78, 5) is 7.40. The molecule has 1 aliphatic rings. The molecule has 0 aromatic carbocycles. The van der Waals surface area contributed by atoms with Crippen LogP contribution < -0.4 is 5.32 Å². The van der Waals surface area contributed by atoms with E-state index in [1.54, 1.807) is 0 Å². The zero-order valence-corrected chi connectivity index (χ0v) is 13.5. The maximum atomic E-state index is 3.57. The summed E-state index contributed by atoms with van der Waals surface area (Å²) in [5.41, 5.74) is 0. The van der Waals surface area contributed by atoms with E-state index in [1.807, 2.05) is 0 Å². The van der Waals surface area contributed by atoms with Crippen molar-refractivity contribution in [3.05, 3.63) is 0 Å². The maximum Gasteiger partial charge on any atom is 0.0110 e. The summed E-state index contributed by atoms with van der Waals surface area (Å²) in [5.74, 6) is 0. The molecular formula is C15H34N4. The first-order valence-corrected chi connectivity index (χ1v) is 7.91. The van der Waals surface area contributed by atoms with Gasteiger partial charge in [-0.25, -0.2) is 0 Å². The van der Waals surface area contributed by atoms with Crippen LogP contribution in [0.4, 0.5) is 0 Å². The zero-order chi connectivity index (χ0) is 14.1. The third kappa shape index (κ3) is 7.88.